The van der Waals surface area contributed by atoms with Crippen molar-refractivity contribution in [2.24, 2.45) is 5.92 Å². The van der Waals surface area contributed by atoms with E-state index >= 15 is 0 Å². The highest BCUT2D eigenvalue weighted by molar-refractivity contribution is 5.96. The maximum Gasteiger partial charge on any atom is 0.410 e. The molecule has 1 N–H and O–H groups in total. The third-order valence-electron chi connectivity index (χ3n) is 6.18. The fraction of sp³-hybridized carbons (Fsp3) is 0.542. The highest BCUT2D eigenvalue weighted by atomic mass is 16.6. The van der Waals surface area contributed by atoms with E-state index in [1.165, 1.54) is 6.42 Å². The lowest BCUT2D eigenvalue weighted by atomic mass is 9.85. The number of carbonyl (C=O) groups excluding carboxylic acids is 3. The topological polar surface area (TPSA) is 124 Å². The summed E-state index contributed by atoms with van der Waals surface area (Å²) < 4.78 is 16.3. The van der Waals surface area contributed by atoms with Gasteiger partial charge in [-0.1, -0.05) is 50.3 Å². The van der Waals surface area contributed by atoms with Crippen molar-refractivity contribution in [2.45, 2.75) is 44.6 Å². The monoisotopic (exact) mass is 470 g/mol. The summed E-state index contributed by atoms with van der Waals surface area (Å²) in [4.78, 5) is 39.6. The van der Waals surface area contributed by atoms with Gasteiger partial charge in [-0.2, -0.15) is 0 Å². The Hall–Kier alpha value is -3.27. The van der Waals surface area contributed by atoms with Crippen molar-refractivity contribution in [3.8, 4) is 11.5 Å². The van der Waals surface area contributed by atoms with Crippen LogP contribution in [0.1, 0.15) is 49.2 Å². The molecule has 2 amide bonds. The molecule has 1 aliphatic heterocycles. The average Bonchev–Trinajstić information content (AvgIpc) is 3.39. The molecule has 1 saturated heterocycles. The standard InChI is InChI=1S/C24H30N4O6/c29-19(23-27-26-22(34-23)18-9-5-2-6-10-18)16-25-21(30)20(15-17-7-3-1-4-8-17)33-24(31)28-11-13-32-14-12-28/h2,5-6,9-10,17,20H,1,3-4,7-8,11-16H2,(H,25,30). The summed E-state index contributed by atoms with van der Waals surface area (Å²) in [5.74, 6) is -0.664. The second-order valence-corrected chi connectivity index (χ2v) is 8.63. The molecule has 2 fully saturated rings. The number of nitrogens with one attached hydrogen (secondary N) is 1. The van der Waals surface area contributed by atoms with Crippen LogP contribution in [0.2, 0.25) is 0 Å². The number of amides is 2. The molecule has 1 unspecified atom stereocenters. The van der Waals surface area contributed by atoms with Gasteiger partial charge in [0.2, 0.25) is 11.7 Å². The summed E-state index contributed by atoms with van der Waals surface area (Å²) in [6.45, 7) is 1.41. The van der Waals surface area contributed by atoms with Gasteiger partial charge < -0.3 is 24.1 Å². The molecule has 34 heavy (non-hydrogen) atoms. The van der Waals surface area contributed by atoms with Gasteiger partial charge in [0.05, 0.1) is 19.8 Å². The third kappa shape index (κ3) is 6.40. The van der Waals surface area contributed by atoms with Crippen LogP contribution >= 0.6 is 0 Å². The highest BCUT2D eigenvalue weighted by Gasteiger charge is 2.30. The van der Waals surface area contributed by atoms with E-state index in [0.717, 1.165) is 25.7 Å². The minimum atomic E-state index is -0.964. The van der Waals surface area contributed by atoms with Crippen LogP contribution in [0.15, 0.2) is 34.7 Å². The molecule has 0 bridgehead atoms. The van der Waals surface area contributed by atoms with Crippen LogP contribution < -0.4 is 5.32 Å². The molecule has 1 saturated carbocycles. The third-order valence-corrected chi connectivity index (χ3v) is 6.18. The van der Waals surface area contributed by atoms with E-state index in [2.05, 4.69) is 15.5 Å². The van der Waals surface area contributed by atoms with E-state index in [9.17, 15) is 14.4 Å². The molecular weight excluding hydrogens is 440 g/mol. The number of hydrogen-bond acceptors (Lipinski definition) is 8. The Labute approximate surface area is 198 Å². The Balaban J connectivity index is 1.35. The molecule has 1 aromatic heterocycles. The SMILES string of the molecule is O=C(CNC(=O)C(CC1CCCCC1)OC(=O)N1CCOCC1)c1nnc(-c2ccccc2)o1. The van der Waals surface area contributed by atoms with Crippen molar-refractivity contribution >= 4 is 17.8 Å². The minimum absolute atomic E-state index is 0.187. The summed E-state index contributed by atoms with van der Waals surface area (Å²) in [6.07, 6.45) is 4.35. The summed E-state index contributed by atoms with van der Waals surface area (Å²) in [7, 11) is 0. The first kappa shape index (κ1) is 23.9. The largest absolute Gasteiger partial charge is 0.436 e. The lowest BCUT2D eigenvalue weighted by Crippen LogP contribution is -2.46. The molecule has 2 aromatic rings. The van der Waals surface area contributed by atoms with Gasteiger partial charge in [0.1, 0.15) is 0 Å². The van der Waals surface area contributed by atoms with E-state index in [1.54, 1.807) is 17.0 Å². The van der Waals surface area contributed by atoms with Gasteiger partial charge in [0.15, 0.2) is 6.10 Å². The van der Waals surface area contributed by atoms with Crippen molar-refractivity contribution in [3.63, 3.8) is 0 Å². The number of ketones is 1. The van der Waals surface area contributed by atoms with Crippen molar-refractivity contribution in [3.05, 3.63) is 36.2 Å². The molecule has 0 spiro atoms. The zero-order valence-electron chi connectivity index (χ0n) is 19.1. The molecule has 10 heteroatoms. The Bertz CT molecular complexity index is 967. The molecular formula is C24H30N4O6. The van der Waals surface area contributed by atoms with E-state index in [4.69, 9.17) is 13.9 Å². The van der Waals surface area contributed by atoms with Crippen LogP contribution in [0.3, 0.4) is 0 Å². The number of ether oxygens (including phenoxy) is 2. The Morgan fingerprint density at radius 3 is 2.53 bits per heavy atom. The molecule has 4 rings (SSSR count). The van der Waals surface area contributed by atoms with Crippen molar-refractivity contribution < 1.29 is 28.3 Å². The molecule has 0 radical (unpaired) electrons. The molecule has 1 atom stereocenters. The maximum absolute atomic E-state index is 12.9. The predicted octanol–water partition coefficient (Wildman–Crippen LogP) is 2.84. The number of rotatable bonds is 8. The van der Waals surface area contributed by atoms with Gasteiger partial charge in [0, 0.05) is 18.7 Å². The first-order valence-electron chi connectivity index (χ1n) is 11.8. The number of carbonyl (C=O) groups is 3. The first-order chi connectivity index (χ1) is 16.6. The molecule has 2 heterocycles. The quantitative estimate of drug-likeness (QED) is 0.584. The molecule has 182 valence electrons. The average molecular weight is 471 g/mol. The van der Waals surface area contributed by atoms with E-state index in [1.807, 2.05) is 18.2 Å². The number of hydrogen-bond donors (Lipinski definition) is 1. The van der Waals surface area contributed by atoms with Crippen molar-refractivity contribution in [2.75, 3.05) is 32.8 Å². The Morgan fingerprint density at radius 1 is 1.06 bits per heavy atom. The zero-order chi connectivity index (χ0) is 23.8. The molecule has 1 aromatic carbocycles. The maximum atomic E-state index is 12.9. The van der Waals surface area contributed by atoms with Crippen LogP contribution in [0.25, 0.3) is 11.5 Å². The number of benzene rings is 1. The van der Waals surface area contributed by atoms with Gasteiger partial charge in [-0.15, -0.1) is 10.2 Å². The van der Waals surface area contributed by atoms with Gasteiger partial charge in [-0.3, -0.25) is 9.59 Å². The van der Waals surface area contributed by atoms with E-state index < -0.39 is 23.9 Å². The van der Waals surface area contributed by atoms with Crippen molar-refractivity contribution in [1.82, 2.24) is 20.4 Å². The summed E-state index contributed by atoms with van der Waals surface area (Å²) in [5.41, 5.74) is 0.695. The fourth-order valence-electron chi connectivity index (χ4n) is 4.27. The fourth-order valence-corrected chi connectivity index (χ4v) is 4.27. The van der Waals surface area contributed by atoms with Crippen LogP contribution in [0.4, 0.5) is 4.79 Å². The van der Waals surface area contributed by atoms with Crippen molar-refractivity contribution in [1.29, 1.82) is 0 Å². The zero-order valence-corrected chi connectivity index (χ0v) is 19.1. The van der Waals surface area contributed by atoms with Gasteiger partial charge in [-0.05, 0) is 24.5 Å². The highest BCUT2D eigenvalue weighted by Crippen LogP contribution is 2.28. The second-order valence-electron chi connectivity index (χ2n) is 8.63. The van der Waals surface area contributed by atoms with Crippen LogP contribution in [-0.2, 0) is 14.3 Å². The first-order valence-corrected chi connectivity index (χ1v) is 11.8. The van der Waals surface area contributed by atoms with Gasteiger partial charge in [-0.25, -0.2) is 4.79 Å². The molecule has 10 nitrogen and oxygen atoms in total. The number of nitrogens with zero attached hydrogens (tertiary/aromatic N) is 3. The molecule has 2 aliphatic rings. The summed E-state index contributed by atoms with van der Waals surface area (Å²) in [6, 6.07) is 9.10. The lowest BCUT2D eigenvalue weighted by Gasteiger charge is -2.30. The molecule has 1 aliphatic carbocycles. The Morgan fingerprint density at radius 2 is 1.79 bits per heavy atom. The van der Waals surface area contributed by atoms with Crippen LogP contribution in [-0.4, -0.2) is 71.8 Å². The smallest absolute Gasteiger partial charge is 0.410 e. The van der Waals surface area contributed by atoms with Gasteiger partial charge >= 0.3 is 6.09 Å². The lowest BCUT2D eigenvalue weighted by molar-refractivity contribution is -0.131. The summed E-state index contributed by atoms with van der Waals surface area (Å²) >= 11 is 0. The second kappa shape index (κ2) is 11.7. The summed E-state index contributed by atoms with van der Waals surface area (Å²) in [5, 5.41) is 10.3. The number of Topliss-reactive ketones (excluding diaryl/α,β-unsaturated/α-hetero) is 1. The van der Waals surface area contributed by atoms with Crippen LogP contribution in [0.5, 0.6) is 0 Å². The minimum Gasteiger partial charge on any atom is -0.436 e. The van der Waals surface area contributed by atoms with Crippen LogP contribution in [0, 0.1) is 5.92 Å². The normalized spacial score (nSPS) is 17.7. The Kier molecular flexibility index (Phi) is 8.24. The van der Waals surface area contributed by atoms with E-state index in [-0.39, 0.29) is 18.3 Å². The van der Waals surface area contributed by atoms with E-state index in [0.29, 0.717) is 44.2 Å². The predicted molar refractivity (Wildman–Crippen MR) is 121 cm³/mol. The van der Waals surface area contributed by atoms with Gasteiger partial charge in [0.25, 0.3) is 11.8 Å². The number of aromatic nitrogens is 2. The number of morpholine rings is 1.